The van der Waals surface area contributed by atoms with Crippen molar-refractivity contribution in [1.29, 1.82) is 0 Å². The summed E-state index contributed by atoms with van der Waals surface area (Å²) in [5.41, 5.74) is 0. The highest BCUT2D eigenvalue weighted by Gasteiger charge is 2.22. The van der Waals surface area contributed by atoms with E-state index in [0.717, 1.165) is 6.42 Å². The van der Waals surface area contributed by atoms with Crippen LogP contribution in [-0.2, 0) is 9.59 Å². The summed E-state index contributed by atoms with van der Waals surface area (Å²) in [4.78, 5) is 22.7. The van der Waals surface area contributed by atoms with Crippen LogP contribution in [-0.4, -0.2) is 35.6 Å². The van der Waals surface area contributed by atoms with Crippen LogP contribution in [0.2, 0.25) is 0 Å². The monoisotopic (exact) mass is 244 g/mol. The van der Waals surface area contributed by atoms with Gasteiger partial charge in [0.05, 0.1) is 6.10 Å². The smallest absolute Gasteiger partial charge is 0.242 e. The van der Waals surface area contributed by atoms with Gasteiger partial charge in [0.2, 0.25) is 11.8 Å². The highest BCUT2D eigenvalue weighted by molar-refractivity contribution is 5.86. The molecule has 0 radical (unpaired) electrons. The summed E-state index contributed by atoms with van der Waals surface area (Å²) in [6.07, 6.45) is 1.05. The number of nitrogens with one attached hydrogen (secondary N) is 2. The first-order chi connectivity index (χ1) is 7.84. The van der Waals surface area contributed by atoms with E-state index < -0.39 is 6.04 Å². The van der Waals surface area contributed by atoms with Crippen molar-refractivity contribution in [2.75, 3.05) is 6.54 Å². The summed E-state index contributed by atoms with van der Waals surface area (Å²) in [6.45, 7) is 7.41. The van der Waals surface area contributed by atoms with Gasteiger partial charge < -0.3 is 15.7 Å². The molecule has 0 aromatic heterocycles. The molecule has 0 aliphatic heterocycles. The number of hydrogen-bond acceptors (Lipinski definition) is 3. The van der Waals surface area contributed by atoms with E-state index in [1.165, 1.54) is 6.92 Å². The van der Waals surface area contributed by atoms with Crippen LogP contribution in [0.3, 0.4) is 0 Å². The van der Waals surface area contributed by atoms with Crippen LogP contribution in [0.15, 0.2) is 0 Å². The lowest BCUT2D eigenvalue weighted by atomic mass is 10.0. The van der Waals surface area contributed by atoms with E-state index in [1.807, 2.05) is 13.8 Å². The Kier molecular flexibility index (Phi) is 7.54. The molecule has 0 heterocycles. The number of aliphatic hydroxyl groups excluding tert-OH is 1. The van der Waals surface area contributed by atoms with E-state index in [4.69, 9.17) is 5.11 Å². The van der Waals surface area contributed by atoms with Crippen LogP contribution < -0.4 is 10.6 Å². The molecule has 3 N–H and O–H groups in total. The van der Waals surface area contributed by atoms with Gasteiger partial charge in [-0.15, -0.1) is 0 Å². The quantitative estimate of drug-likeness (QED) is 0.568. The summed E-state index contributed by atoms with van der Waals surface area (Å²) in [5, 5.41) is 14.5. The number of amides is 2. The van der Waals surface area contributed by atoms with E-state index in [9.17, 15) is 9.59 Å². The highest BCUT2D eigenvalue weighted by atomic mass is 16.3. The van der Waals surface area contributed by atoms with Gasteiger partial charge in [-0.2, -0.15) is 0 Å². The Balaban J connectivity index is 4.02. The lowest BCUT2D eigenvalue weighted by molar-refractivity contribution is -0.129. The molecule has 2 atom stereocenters. The molecule has 0 spiro atoms. The van der Waals surface area contributed by atoms with Gasteiger partial charge in [0.1, 0.15) is 6.04 Å². The first-order valence-electron chi connectivity index (χ1n) is 6.07. The third-order valence-electron chi connectivity index (χ3n) is 2.41. The summed E-state index contributed by atoms with van der Waals surface area (Å²) < 4.78 is 0. The second-order valence-corrected chi connectivity index (χ2v) is 4.70. The maximum absolute atomic E-state index is 11.8. The zero-order valence-corrected chi connectivity index (χ0v) is 11.1. The van der Waals surface area contributed by atoms with E-state index in [2.05, 4.69) is 10.6 Å². The standard InChI is InChI=1S/C12H24N2O3/c1-8(2)11(14-10(4)16)12(17)13-7-5-6-9(3)15/h8-9,11,15H,5-7H2,1-4H3,(H,13,17)(H,14,16). The fourth-order valence-corrected chi connectivity index (χ4v) is 1.47. The molecule has 0 bridgehead atoms. The van der Waals surface area contributed by atoms with Crippen LogP contribution in [0.4, 0.5) is 0 Å². The third-order valence-corrected chi connectivity index (χ3v) is 2.41. The van der Waals surface area contributed by atoms with Gasteiger partial charge in [0, 0.05) is 13.5 Å². The highest BCUT2D eigenvalue weighted by Crippen LogP contribution is 2.02. The normalized spacial score (nSPS) is 14.2. The number of carbonyl (C=O) groups excluding carboxylic acids is 2. The van der Waals surface area contributed by atoms with Crippen molar-refractivity contribution in [3.63, 3.8) is 0 Å². The average molecular weight is 244 g/mol. The Morgan fingerprint density at radius 1 is 1.24 bits per heavy atom. The molecule has 0 saturated carbocycles. The zero-order valence-electron chi connectivity index (χ0n) is 11.1. The zero-order chi connectivity index (χ0) is 13.4. The second-order valence-electron chi connectivity index (χ2n) is 4.70. The Morgan fingerprint density at radius 3 is 2.24 bits per heavy atom. The van der Waals surface area contributed by atoms with Crippen LogP contribution in [0.1, 0.15) is 40.5 Å². The molecule has 100 valence electrons. The van der Waals surface area contributed by atoms with Crippen molar-refractivity contribution in [3.8, 4) is 0 Å². The summed E-state index contributed by atoms with van der Waals surface area (Å²) >= 11 is 0. The Bertz CT molecular complexity index is 252. The SMILES string of the molecule is CC(=O)NC(C(=O)NCCCC(C)O)C(C)C. The minimum atomic E-state index is -0.487. The minimum Gasteiger partial charge on any atom is -0.393 e. The maximum Gasteiger partial charge on any atom is 0.242 e. The average Bonchev–Trinajstić information content (AvgIpc) is 2.19. The maximum atomic E-state index is 11.8. The Hall–Kier alpha value is -1.10. The molecule has 5 nitrogen and oxygen atoms in total. The third kappa shape index (κ3) is 7.74. The van der Waals surface area contributed by atoms with Gasteiger partial charge in [-0.1, -0.05) is 13.8 Å². The molecule has 0 rings (SSSR count). The van der Waals surface area contributed by atoms with Gasteiger partial charge in [0.25, 0.3) is 0 Å². The molecule has 2 unspecified atom stereocenters. The molecule has 2 amide bonds. The first-order valence-corrected chi connectivity index (χ1v) is 6.07. The van der Waals surface area contributed by atoms with Gasteiger partial charge in [0.15, 0.2) is 0 Å². The van der Waals surface area contributed by atoms with Gasteiger partial charge in [-0.25, -0.2) is 0 Å². The Labute approximate surface area is 103 Å². The molecule has 0 aliphatic rings. The fourth-order valence-electron chi connectivity index (χ4n) is 1.47. The van der Waals surface area contributed by atoms with Crippen molar-refractivity contribution in [1.82, 2.24) is 10.6 Å². The summed E-state index contributed by atoms with van der Waals surface area (Å²) in [6, 6.07) is -0.487. The van der Waals surface area contributed by atoms with Crippen molar-refractivity contribution < 1.29 is 14.7 Å². The molecule has 0 aliphatic carbocycles. The summed E-state index contributed by atoms with van der Waals surface area (Å²) in [5.74, 6) is -0.320. The van der Waals surface area contributed by atoms with E-state index in [-0.39, 0.29) is 23.8 Å². The van der Waals surface area contributed by atoms with Crippen LogP contribution in [0.25, 0.3) is 0 Å². The van der Waals surface area contributed by atoms with Crippen LogP contribution in [0, 0.1) is 5.92 Å². The number of aliphatic hydroxyl groups is 1. The first kappa shape index (κ1) is 15.9. The molecule has 17 heavy (non-hydrogen) atoms. The van der Waals surface area contributed by atoms with Crippen molar-refractivity contribution in [2.24, 2.45) is 5.92 Å². The largest absolute Gasteiger partial charge is 0.393 e. The molecule has 0 fully saturated rings. The predicted molar refractivity (Wildman–Crippen MR) is 66.4 cm³/mol. The topological polar surface area (TPSA) is 78.4 Å². The molecular formula is C12H24N2O3. The number of hydrogen-bond donors (Lipinski definition) is 3. The van der Waals surface area contributed by atoms with Crippen molar-refractivity contribution in [2.45, 2.75) is 52.7 Å². The molecular weight excluding hydrogens is 220 g/mol. The number of rotatable bonds is 7. The lowest BCUT2D eigenvalue weighted by Crippen LogP contribution is -2.49. The lowest BCUT2D eigenvalue weighted by Gasteiger charge is -2.20. The van der Waals surface area contributed by atoms with Gasteiger partial charge in [-0.3, -0.25) is 9.59 Å². The Morgan fingerprint density at radius 2 is 1.82 bits per heavy atom. The van der Waals surface area contributed by atoms with Crippen LogP contribution >= 0.6 is 0 Å². The molecule has 0 saturated heterocycles. The summed E-state index contributed by atoms with van der Waals surface area (Å²) in [7, 11) is 0. The minimum absolute atomic E-state index is 0.0515. The predicted octanol–water partition coefficient (Wildman–Crippen LogP) is 0.424. The van der Waals surface area contributed by atoms with Crippen molar-refractivity contribution in [3.05, 3.63) is 0 Å². The number of carbonyl (C=O) groups is 2. The van der Waals surface area contributed by atoms with Crippen LogP contribution in [0.5, 0.6) is 0 Å². The van der Waals surface area contributed by atoms with Crippen molar-refractivity contribution >= 4 is 11.8 Å². The molecule has 5 heteroatoms. The van der Waals surface area contributed by atoms with E-state index >= 15 is 0 Å². The van der Waals surface area contributed by atoms with E-state index in [1.54, 1.807) is 6.92 Å². The van der Waals surface area contributed by atoms with E-state index in [0.29, 0.717) is 13.0 Å². The molecule has 0 aromatic rings. The second kappa shape index (κ2) is 8.06. The van der Waals surface area contributed by atoms with Gasteiger partial charge in [-0.05, 0) is 25.7 Å². The fraction of sp³-hybridized carbons (Fsp3) is 0.833. The molecule has 0 aromatic carbocycles. The van der Waals surface area contributed by atoms with Gasteiger partial charge >= 0.3 is 0 Å².